The standard InChI is InChI=1S/C27H35N3O6S/c1-17-13-18(2)24(19(3)14-17)37(33,34)30-16-20(21-11-9-10-12-23(21)30)15-22(25(31)29(7)35-8)28-26(32)36-27(4,5)6/h9-14,16,22H,15H2,1-8H3,(H,28,32)/t22-/m0/s1. The minimum atomic E-state index is -3.96. The number of rotatable bonds is 7. The number of amides is 2. The molecule has 2 aromatic carbocycles. The van der Waals surface area contributed by atoms with Crippen molar-refractivity contribution in [2.24, 2.45) is 0 Å². The number of benzene rings is 2. The van der Waals surface area contributed by atoms with E-state index in [1.807, 2.05) is 19.1 Å². The molecule has 0 aliphatic heterocycles. The molecule has 1 N–H and O–H groups in total. The second-order valence-corrected chi connectivity index (χ2v) is 11.9. The average molecular weight is 530 g/mol. The quantitative estimate of drug-likeness (QED) is 0.459. The van der Waals surface area contributed by atoms with Gasteiger partial charge in [-0.1, -0.05) is 35.9 Å². The number of alkyl carbamates (subject to hydrolysis) is 1. The fourth-order valence-corrected chi connectivity index (χ4v) is 6.24. The van der Waals surface area contributed by atoms with Crippen LogP contribution in [0.25, 0.3) is 10.9 Å². The second kappa shape index (κ2) is 10.5. The summed E-state index contributed by atoms with van der Waals surface area (Å²) in [7, 11) is -1.19. The lowest BCUT2D eigenvalue weighted by molar-refractivity contribution is -0.171. The second-order valence-electron chi connectivity index (χ2n) is 10.1. The van der Waals surface area contributed by atoms with Crippen LogP contribution < -0.4 is 5.32 Å². The van der Waals surface area contributed by atoms with Gasteiger partial charge in [0.25, 0.3) is 15.9 Å². The largest absolute Gasteiger partial charge is 0.444 e. The van der Waals surface area contributed by atoms with Crippen LogP contribution in [-0.4, -0.2) is 55.3 Å². The van der Waals surface area contributed by atoms with Gasteiger partial charge in [-0.15, -0.1) is 0 Å². The number of likely N-dealkylation sites (N-methyl/N-ethyl adjacent to an activating group) is 1. The Morgan fingerprint density at radius 1 is 1.08 bits per heavy atom. The Morgan fingerprint density at radius 3 is 2.24 bits per heavy atom. The summed E-state index contributed by atoms with van der Waals surface area (Å²) in [4.78, 5) is 30.9. The fraction of sp³-hybridized carbons (Fsp3) is 0.407. The molecule has 0 fully saturated rings. The summed E-state index contributed by atoms with van der Waals surface area (Å²) in [5.74, 6) is -0.515. The number of aromatic nitrogens is 1. The normalized spacial score (nSPS) is 12.9. The van der Waals surface area contributed by atoms with Crippen molar-refractivity contribution >= 4 is 32.9 Å². The number of nitrogens with zero attached hydrogens (tertiary/aromatic N) is 2. The van der Waals surface area contributed by atoms with Crippen LogP contribution >= 0.6 is 0 Å². The van der Waals surface area contributed by atoms with Gasteiger partial charge in [0.15, 0.2) is 0 Å². The molecule has 0 radical (unpaired) electrons. The molecule has 0 bridgehead atoms. The average Bonchev–Trinajstić information content (AvgIpc) is 3.15. The molecule has 3 aromatic rings. The van der Waals surface area contributed by atoms with Gasteiger partial charge < -0.3 is 10.1 Å². The third-order valence-electron chi connectivity index (χ3n) is 5.88. The summed E-state index contributed by atoms with van der Waals surface area (Å²) in [5.41, 5.74) is 2.56. The van der Waals surface area contributed by atoms with E-state index < -0.39 is 33.7 Å². The van der Waals surface area contributed by atoms with Crippen molar-refractivity contribution in [2.75, 3.05) is 14.2 Å². The zero-order valence-electron chi connectivity index (χ0n) is 22.6. The van der Waals surface area contributed by atoms with Crippen LogP contribution in [0.15, 0.2) is 47.5 Å². The summed E-state index contributed by atoms with van der Waals surface area (Å²) in [6.07, 6.45) is 0.765. The van der Waals surface area contributed by atoms with E-state index in [9.17, 15) is 18.0 Å². The van der Waals surface area contributed by atoms with Crippen LogP contribution in [-0.2, 0) is 30.8 Å². The highest BCUT2D eigenvalue weighted by Crippen LogP contribution is 2.30. The Balaban J connectivity index is 2.11. The summed E-state index contributed by atoms with van der Waals surface area (Å²) in [5, 5.41) is 4.28. The summed E-state index contributed by atoms with van der Waals surface area (Å²) >= 11 is 0. The van der Waals surface area contributed by atoms with Crippen LogP contribution in [0.3, 0.4) is 0 Å². The van der Waals surface area contributed by atoms with E-state index in [4.69, 9.17) is 9.57 Å². The van der Waals surface area contributed by atoms with Crippen molar-refractivity contribution in [1.82, 2.24) is 14.4 Å². The molecule has 0 saturated heterocycles. The van der Waals surface area contributed by atoms with Crippen LogP contribution in [0.2, 0.25) is 0 Å². The van der Waals surface area contributed by atoms with E-state index >= 15 is 0 Å². The first-order chi connectivity index (χ1) is 17.2. The van der Waals surface area contributed by atoms with Gasteiger partial charge in [-0.3, -0.25) is 9.63 Å². The van der Waals surface area contributed by atoms with Crippen LogP contribution in [0.5, 0.6) is 0 Å². The molecule has 0 aliphatic rings. The van der Waals surface area contributed by atoms with Gasteiger partial charge in [-0.05, 0) is 64.3 Å². The third-order valence-corrected chi connectivity index (χ3v) is 7.86. The molecular formula is C27H35N3O6S. The minimum Gasteiger partial charge on any atom is -0.444 e. The Kier molecular flexibility index (Phi) is 8.04. The van der Waals surface area contributed by atoms with Crippen molar-refractivity contribution < 1.29 is 27.6 Å². The molecule has 9 nitrogen and oxygen atoms in total. The SMILES string of the molecule is CON(C)C(=O)[C@H](Cc1cn(S(=O)(=O)c2c(C)cc(C)cc2C)c2ccccc12)NC(=O)OC(C)(C)C. The molecule has 1 heterocycles. The molecule has 2 amide bonds. The maximum Gasteiger partial charge on any atom is 0.408 e. The Bertz CT molecular complexity index is 1410. The van der Waals surface area contributed by atoms with Crippen molar-refractivity contribution in [2.45, 2.75) is 64.5 Å². The molecule has 0 spiro atoms. The maximum atomic E-state index is 13.9. The lowest BCUT2D eigenvalue weighted by Crippen LogP contribution is -2.49. The number of carbonyl (C=O) groups is 2. The highest BCUT2D eigenvalue weighted by atomic mass is 32.2. The Labute approximate surface area is 218 Å². The van der Waals surface area contributed by atoms with Gasteiger partial charge >= 0.3 is 6.09 Å². The molecule has 1 aromatic heterocycles. The van der Waals surface area contributed by atoms with Gasteiger partial charge in [-0.25, -0.2) is 22.2 Å². The van der Waals surface area contributed by atoms with Crippen molar-refractivity contribution in [3.63, 3.8) is 0 Å². The topological polar surface area (TPSA) is 107 Å². The third kappa shape index (κ3) is 6.14. The molecule has 0 unspecified atom stereocenters. The monoisotopic (exact) mass is 529 g/mol. The highest BCUT2D eigenvalue weighted by molar-refractivity contribution is 7.90. The van der Waals surface area contributed by atoms with E-state index in [0.717, 1.165) is 10.6 Å². The first-order valence-electron chi connectivity index (χ1n) is 11.9. The Hall–Kier alpha value is -3.37. The van der Waals surface area contributed by atoms with Crippen LogP contribution in [0.1, 0.15) is 43.0 Å². The zero-order valence-corrected chi connectivity index (χ0v) is 23.4. The van der Waals surface area contributed by atoms with Gasteiger partial charge in [0, 0.05) is 25.1 Å². The number of nitrogens with one attached hydrogen (secondary N) is 1. The highest BCUT2D eigenvalue weighted by Gasteiger charge is 2.30. The predicted molar refractivity (Wildman–Crippen MR) is 142 cm³/mol. The van der Waals surface area contributed by atoms with Gasteiger partial charge in [0.2, 0.25) is 0 Å². The molecule has 3 rings (SSSR count). The molecule has 1 atom stereocenters. The molecule has 200 valence electrons. The van der Waals surface area contributed by atoms with Crippen LogP contribution in [0, 0.1) is 20.8 Å². The first kappa shape index (κ1) is 28.2. The van der Waals surface area contributed by atoms with E-state index in [2.05, 4.69) is 5.32 Å². The molecule has 10 heteroatoms. The molecular weight excluding hydrogens is 494 g/mol. The lowest BCUT2D eigenvalue weighted by Gasteiger charge is -2.25. The summed E-state index contributed by atoms with van der Waals surface area (Å²) in [6.45, 7) is 10.6. The number of hydroxylamine groups is 2. The van der Waals surface area contributed by atoms with Gasteiger partial charge in [0.1, 0.15) is 11.6 Å². The predicted octanol–water partition coefficient (Wildman–Crippen LogP) is 4.26. The van der Waals surface area contributed by atoms with E-state index in [1.165, 1.54) is 24.3 Å². The summed E-state index contributed by atoms with van der Waals surface area (Å²) < 4.78 is 34.4. The van der Waals surface area contributed by atoms with Crippen molar-refractivity contribution in [1.29, 1.82) is 0 Å². The van der Waals surface area contributed by atoms with Gasteiger partial charge in [0.05, 0.1) is 17.5 Å². The smallest absolute Gasteiger partial charge is 0.408 e. The van der Waals surface area contributed by atoms with Crippen molar-refractivity contribution in [3.8, 4) is 0 Å². The number of para-hydroxylation sites is 1. The summed E-state index contributed by atoms with van der Waals surface area (Å²) in [6, 6.07) is 9.68. The number of aryl methyl sites for hydroxylation is 3. The minimum absolute atomic E-state index is 0.0146. The number of carbonyl (C=O) groups excluding carboxylic acids is 2. The van der Waals surface area contributed by atoms with Crippen molar-refractivity contribution in [3.05, 3.63) is 64.8 Å². The van der Waals surface area contributed by atoms with E-state index in [1.54, 1.807) is 58.9 Å². The number of fused-ring (bicyclic) bond motifs is 1. The first-order valence-corrected chi connectivity index (χ1v) is 13.3. The number of hydrogen-bond acceptors (Lipinski definition) is 6. The zero-order chi connectivity index (χ0) is 27.7. The molecule has 0 saturated carbocycles. The van der Waals surface area contributed by atoms with E-state index in [0.29, 0.717) is 27.6 Å². The molecule has 37 heavy (non-hydrogen) atoms. The van der Waals surface area contributed by atoms with E-state index in [-0.39, 0.29) is 11.3 Å². The number of ether oxygens (including phenoxy) is 1. The molecule has 0 aliphatic carbocycles. The lowest BCUT2D eigenvalue weighted by atomic mass is 10.0. The van der Waals surface area contributed by atoms with Gasteiger partial charge in [-0.2, -0.15) is 0 Å². The maximum absolute atomic E-state index is 13.9. The fourth-order valence-electron chi connectivity index (χ4n) is 4.43. The number of hydrogen-bond donors (Lipinski definition) is 1. The Morgan fingerprint density at radius 2 is 1.68 bits per heavy atom. The van der Waals surface area contributed by atoms with Crippen LogP contribution in [0.4, 0.5) is 4.79 Å².